The Bertz CT molecular complexity index is 262. The van der Waals surface area contributed by atoms with Crippen molar-refractivity contribution in [2.45, 2.75) is 25.8 Å². The molecule has 0 aromatic rings. The Morgan fingerprint density at radius 3 is 2.43 bits per heavy atom. The molecule has 1 saturated carbocycles. The fraction of sp³-hybridized carbons (Fsp3) is 1.00. The highest BCUT2D eigenvalue weighted by Gasteiger charge is 2.28. The van der Waals surface area contributed by atoms with Crippen molar-refractivity contribution in [3.63, 3.8) is 0 Å². The van der Waals surface area contributed by atoms with E-state index in [1.165, 1.54) is 12.8 Å². The molecule has 0 radical (unpaired) electrons. The smallest absolute Gasteiger partial charge is 0.151 e. The van der Waals surface area contributed by atoms with Gasteiger partial charge in [0.05, 0.1) is 5.75 Å². The van der Waals surface area contributed by atoms with E-state index >= 15 is 0 Å². The minimum absolute atomic E-state index is 0.242. The lowest BCUT2D eigenvalue weighted by atomic mass is 10.5. The lowest BCUT2D eigenvalue weighted by Gasteiger charge is -2.20. The molecule has 1 aliphatic carbocycles. The summed E-state index contributed by atoms with van der Waals surface area (Å²) in [5, 5.41) is 0. The van der Waals surface area contributed by atoms with E-state index in [-0.39, 0.29) is 11.5 Å². The number of sulfone groups is 1. The maximum atomic E-state index is 11.3. The highest BCUT2D eigenvalue weighted by molar-refractivity contribution is 7.91. The summed E-state index contributed by atoms with van der Waals surface area (Å²) in [7, 11) is -2.82. The van der Waals surface area contributed by atoms with E-state index in [0.717, 1.165) is 6.54 Å². The van der Waals surface area contributed by atoms with Crippen LogP contribution in [0.5, 0.6) is 0 Å². The van der Waals surface area contributed by atoms with Crippen molar-refractivity contribution in [2.24, 2.45) is 0 Å². The van der Waals surface area contributed by atoms with Gasteiger partial charge in [-0.1, -0.05) is 6.92 Å². The Morgan fingerprint density at radius 2 is 2.00 bits per heavy atom. The van der Waals surface area contributed by atoms with Crippen LogP contribution in [0, 0.1) is 0 Å². The summed E-state index contributed by atoms with van der Waals surface area (Å²) in [4.78, 5) is 2.19. The Morgan fingerprint density at radius 1 is 1.36 bits per heavy atom. The third-order valence-corrected chi connectivity index (χ3v) is 4.42. The number of rotatable bonds is 7. The van der Waals surface area contributed by atoms with Crippen molar-refractivity contribution in [2.75, 3.05) is 30.5 Å². The molecule has 0 saturated heterocycles. The minimum atomic E-state index is -2.82. The molecule has 5 heteroatoms. The third-order valence-electron chi connectivity index (χ3n) is 2.56. The summed E-state index contributed by atoms with van der Waals surface area (Å²) in [6, 6.07) is 0.598. The number of hydrogen-bond donors (Lipinski definition) is 0. The molecule has 0 heterocycles. The second-order valence-electron chi connectivity index (χ2n) is 3.69. The zero-order valence-electron chi connectivity index (χ0n) is 8.58. The standard InChI is InChI=1S/C9H18ClNO2S/c1-2-14(12,13)8-7-11(6-5-10)9-3-4-9/h9H,2-8H2,1H3. The van der Waals surface area contributed by atoms with E-state index in [1.54, 1.807) is 6.92 Å². The number of alkyl halides is 1. The van der Waals surface area contributed by atoms with Gasteiger partial charge < -0.3 is 0 Å². The van der Waals surface area contributed by atoms with Gasteiger partial charge in [0.15, 0.2) is 9.84 Å². The predicted octanol–water partition coefficient (Wildman–Crippen LogP) is 1.12. The van der Waals surface area contributed by atoms with Crippen LogP contribution in [0.3, 0.4) is 0 Å². The molecule has 14 heavy (non-hydrogen) atoms. The van der Waals surface area contributed by atoms with Crippen LogP contribution in [-0.2, 0) is 9.84 Å². The Balaban J connectivity index is 2.32. The van der Waals surface area contributed by atoms with Crippen LogP contribution in [0.1, 0.15) is 19.8 Å². The van der Waals surface area contributed by atoms with Gasteiger partial charge >= 0.3 is 0 Å². The fourth-order valence-electron chi connectivity index (χ4n) is 1.43. The van der Waals surface area contributed by atoms with E-state index in [9.17, 15) is 8.42 Å². The largest absolute Gasteiger partial charge is 0.298 e. The van der Waals surface area contributed by atoms with Crippen molar-refractivity contribution in [1.29, 1.82) is 0 Å². The fourth-order valence-corrected chi connectivity index (χ4v) is 2.44. The van der Waals surface area contributed by atoms with Crippen LogP contribution in [0.25, 0.3) is 0 Å². The van der Waals surface area contributed by atoms with Gasteiger partial charge in [0.1, 0.15) is 0 Å². The number of hydrogen-bond acceptors (Lipinski definition) is 3. The van der Waals surface area contributed by atoms with Crippen LogP contribution in [0.4, 0.5) is 0 Å². The number of nitrogens with zero attached hydrogens (tertiary/aromatic N) is 1. The molecule has 1 rings (SSSR count). The van der Waals surface area contributed by atoms with Crippen molar-refractivity contribution < 1.29 is 8.42 Å². The van der Waals surface area contributed by atoms with Gasteiger partial charge in [-0.3, -0.25) is 4.90 Å². The first-order valence-corrected chi connectivity index (χ1v) is 7.45. The topological polar surface area (TPSA) is 37.4 Å². The average Bonchev–Trinajstić information content (AvgIpc) is 2.95. The molecule has 0 atom stereocenters. The Labute approximate surface area is 91.3 Å². The quantitative estimate of drug-likeness (QED) is 0.625. The molecule has 0 aromatic carbocycles. The molecule has 0 aromatic heterocycles. The van der Waals surface area contributed by atoms with Gasteiger partial charge in [0.2, 0.25) is 0 Å². The third kappa shape index (κ3) is 4.15. The minimum Gasteiger partial charge on any atom is -0.298 e. The molecular formula is C9H18ClNO2S. The summed E-state index contributed by atoms with van der Waals surface area (Å²) in [6.07, 6.45) is 2.39. The lowest BCUT2D eigenvalue weighted by Crippen LogP contribution is -2.33. The summed E-state index contributed by atoms with van der Waals surface area (Å²) in [6.45, 7) is 3.15. The van der Waals surface area contributed by atoms with Crippen molar-refractivity contribution >= 4 is 21.4 Å². The molecule has 0 unspecified atom stereocenters. The summed E-state index contributed by atoms with van der Waals surface area (Å²) in [5.41, 5.74) is 0. The monoisotopic (exact) mass is 239 g/mol. The van der Waals surface area contributed by atoms with E-state index in [2.05, 4.69) is 4.90 Å². The second kappa shape index (κ2) is 5.33. The van der Waals surface area contributed by atoms with E-state index < -0.39 is 9.84 Å². The molecular weight excluding hydrogens is 222 g/mol. The molecule has 0 bridgehead atoms. The van der Waals surface area contributed by atoms with E-state index in [0.29, 0.717) is 18.5 Å². The molecule has 0 amide bonds. The molecule has 0 aliphatic heterocycles. The van der Waals surface area contributed by atoms with Gasteiger partial charge in [-0.05, 0) is 12.8 Å². The van der Waals surface area contributed by atoms with E-state index in [1.807, 2.05) is 0 Å². The molecule has 0 spiro atoms. The van der Waals surface area contributed by atoms with Crippen LogP contribution < -0.4 is 0 Å². The van der Waals surface area contributed by atoms with Crippen molar-refractivity contribution in [3.8, 4) is 0 Å². The summed E-state index contributed by atoms with van der Waals surface area (Å²) < 4.78 is 22.6. The van der Waals surface area contributed by atoms with Crippen molar-refractivity contribution in [1.82, 2.24) is 4.90 Å². The summed E-state index contributed by atoms with van der Waals surface area (Å²) in [5.74, 6) is 1.10. The average molecular weight is 240 g/mol. The SMILES string of the molecule is CCS(=O)(=O)CCN(CCCl)C1CC1. The first-order valence-electron chi connectivity index (χ1n) is 5.09. The summed E-state index contributed by atoms with van der Waals surface area (Å²) >= 11 is 5.66. The van der Waals surface area contributed by atoms with Gasteiger partial charge in [-0.25, -0.2) is 8.42 Å². The Hall–Kier alpha value is 0.200. The van der Waals surface area contributed by atoms with E-state index in [4.69, 9.17) is 11.6 Å². The normalized spacial score (nSPS) is 17.6. The number of halogens is 1. The zero-order valence-corrected chi connectivity index (χ0v) is 10.1. The van der Waals surface area contributed by atoms with Gasteiger partial charge in [-0.15, -0.1) is 11.6 Å². The molecule has 3 nitrogen and oxygen atoms in total. The highest BCUT2D eigenvalue weighted by atomic mass is 35.5. The maximum absolute atomic E-state index is 11.3. The zero-order chi connectivity index (χ0) is 10.6. The van der Waals surface area contributed by atoms with Crippen LogP contribution in [-0.4, -0.2) is 49.8 Å². The second-order valence-corrected chi connectivity index (χ2v) is 6.54. The molecule has 84 valence electrons. The predicted molar refractivity (Wildman–Crippen MR) is 59.6 cm³/mol. The highest BCUT2D eigenvalue weighted by Crippen LogP contribution is 2.26. The van der Waals surface area contributed by atoms with Crippen molar-refractivity contribution in [3.05, 3.63) is 0 Å². The maximum Gasteiger partial charge on any atom is 0.151 e. The van der Waals surface area contributed by atoms with Crippen LogP contribution in [0.15, 0.2) is 0 Å². The van der Waals surface area contributed by atoms with Crippen LogP contribution >= 0.6 is 11.6 Å². The first kappa shape index (κ1) is 12.3. The van der Waals surface area contributed by atoms with Crippen LogP contribution in [0.2, 0.25) is 0 Å². The van der Waals surface area contributed by atoms with Gasteiger partial charge in [0.25, 0.3) is 0 Å². The molecule has 1 fully saturated rings. The van der Waals surface area contributed by atoms with Gasteiger partial charge in [-0.2, -0.15) is 0 Å². The Kier molecular flexibility index (Phi) is 4.67. The molecule has 1 aliphatic rings. The first-order chi connectivity index (χ1) is 6.59. The molecule has 0 N–H and O–H groups in total. The van der Waals surface area contributed by atoms with Gasteiger partial charge in [0, 0.05) is 30.8 Å². The lowest BCUT2D eigenvalue weighted by molar-refractivity contribution is 0.296.